The van der Waals surface area contributed by atoms with Gasteiger partial charge in [-0.15, -0.1) is 0 Å². The third-order valence-corrected chi connectivity index (χ3v) is 27.6. The van der Waals surface area contributed by atoms with Crippen molar-refractivity contribution in [1.29, 1.82) is 0 Å². The number of aromatic nitrogens is 14. The molecule has 31 heteroatoms. The highest BCUT2D eigenvalue weighted by Gasteiger charge is 2.52. The number of pyridine rings is 5. The molecule has 1 saturated heterocycles. The zero-order chi connectivity index (χ0) is 78.2. The number of fused-ring (bicyclic) bond motifs is 3. The second-order valence-corrected chi connectivity index (χ2v) is 37.3. The Morgan fingerprint density at radius 2 is 0.784 bits per heavy atom. The summed E-state index contributed by atoms with van der Waals surface area (Å²) in [5.41, 5.74) is 17.2. The van der Waals surface area contributed by atoms with E-state index in [0.717, 1.165) is 150 Å². The maximum absolute atomic E-state index is 14.6. The molecule has 570 valence electrons. The summed E-state index contributed by atoms with van der Waals surface area (Å²) in [6.45, 7) is 10.1. The summed E-state index contributed by atoms with van der Waals surface area (Å²) in [6.07, 6.45) is 28.8. The lowest BCUT2D eigenvalue weighted by atomic mass is 9.77. The van der Waals surface area contributed by atoms with Crippen molar-refractivity contribution in [1.82, 2.24) is 68.2 Å². The summed E-state index contributed by atoms with van der Waals surface area (Å²) in [4.78, 5) is 7.28. The first-order valence-corrected chi connectivity index (χ1v) is 41.8. The summed E-state index contributed by atoms with van der Waals surface area (Å²) >= 11 is 2.78. The summed E-state index contributed by atoms with van der Waals surface area (Å²) in [7, 11) is -4.52. The number of halogens is 5. The number of rotatable bonds is 17. The van der Waals surface area contributed by atoms with Crippen LogP contribution in [0.4, 0.5) is 17.6 Å². The molecule has 12 heterocycles. The van der Waals surface area contributed by atoms with Crippen molar-refractivity contribution in [3.05, 3.63) is 240 Å². The van der Waals surface area contributed by atoms with Gasteiger partial charge in [0.2, 0.25) is 0 Å². The number of hydrogen-bond acceptors (Lipinski definition) is 16. The standard InChI is InChI=1S/C27H31BN4O4S.C26H21F2N5O2S.C22H22N4O2S.C5H2BrF2N/c1-26(2)27(3,4)36-28(35-26)22-11-18(17-37(33,34)23-7-8-23)10-20(12-22)24-14-30-32-16-19(6-9-25(24)32)21-13-29-31(5)15-21;1-32-13-20(10-30-32)17-2-5-25-23(12-31-33(25)14-17)18-6-16(15-36(34,35)22-3-4-22)7-19(8-18)26-24(28)9-21(27)11-29-26;1-15-7-16(14-29(27,28)20-4-5-20)9-18(8-15)21-11-24-26-13-17(3-6-22(21)26)19-10-23-25(2)12-19;6-5-4(8)1-3(7)2-9-5/h6,9-16,23H,7-8,17H2,1-5H3;2,5-14,22H,3-4,15H2,1H3;3,6-13,20H,4-5,14H2,1-2H3;1-2H. The van der Waals surface area contributed by atoms with Crippen LogP contribution in [0.25, 0.3) is 94.6 Å². The lowest BCUT2D eigenvalue weighted by Crippen LogP contribution is -2.41. The highest BCUT2D eigenvalue weighted by Crippen LogP contribution is 2.41. The molecule has 0 amide bonds. The highest BCUT2D eigenvalue weighted by molar-refractivity contribution is 9.10. The van der Waals surface area contributed by atoms with Gasteiger partial charge < -0.3 is 9.31 Å². The van der Waals surface area contributed by atoms with Crippen LogP contribution in [0.3, 0.4) is 0 Å². The Morgan fingerprint density at radius 1 is 0.414 bits per heavy atom. The van der Waals surface area contributed by atoms with Crippen molar-refractivity contribution in [3.63, 3.8) is 0 Å². The van der Waals surface area contributed by atoms with Gasteiger partial charge in [0.15, 0.2) is 41.1 Å². The molecule has 0 N–H and O–H groups in total. The van der Waals surface area contributed by atoms with Gasteiger partial charge in [-0.1, -0.05) is 54.1 Å². The number of nitrogens with zero attached hydrogens (tertiary/aromatic N) is 14. The Kier molecular flexibility index (Phi) is 20.4. The Bertz CT molecular complexity index is 6290. The fraction of sp³-hybridized carbons (Fsp3) is 0.275. The minimum Gasteiger partial charge on any atom is -0.399 e. The molecule has 3 aromatic carbocycles. The van der Waals surface area contributed by atoms with Crippen molar-refractivity contribution in [2.24, 2.45) is 21.1 Å². The van der Waals surface area contributed by atoms with E-state index in [1.54, 1.807) is 49.2 Å². The Morgan fingerprint density at radius 3 is 1.16 bits per heavy atom. The number of sulfone groups is 3. The highest BCUT2D eigenvalue weighted by atomic mass is 79.9. The van der Waals surface area contributed by atoms with Crippen molar-refractivity contribution in [3.8, 4) is 78.0 Å². The van der Waals surface area contributed by atoms with Gasteiger partial charge in [-0.05, 0) is 170 Å². The summed E-state index contributed by atoms with van der Waals surface area (Å²) < 4.78 is 152. The van der Waals surface area contributed by atoms with Gasteiger partial charge >= 0.3 is 7.12 Å². The zero-order valence-electron chi connectivity index (χ0n) is 61.7. The molecule has 4 fully saturated rings. The van der Waals surface area contributed by atoms with Gasteiger partial charge in [-0.25, -0.2) is 61.3 Å². The van der Waals surface area contributed by atoms with E-state index in [-0.39, 0.29) is 43.3 Å². The van der Waals surface area contributed by atoms with Gasteiger partial charge in [0, 0.05) is 126 Å². The summed E-state index contributed by atoms with van der Waals surface area (Å²) in [5.74, 6) is -3.00. The molecule has 0 unspecified atom stereocenters. The van der Waals surface area contributed by atoms with Crippen molar-refractivity contribution in [2.75, 3.05) is 0 Å². The van der Waals surface area contributed by atoms with Gasteiger partial charge in [-0.3, -0.25) is 19.0 Å². The zero-order valence-corrected chi connectivity index (χ0v) is 65.7. The molecule has 18 rings (SSSR count). The van der Waals surface area contributed by atoms with Crippen molar-refractivity contribution >= 4 is 74.6 Å². The molecule has 0 bridgehead atoms. The van der Waals surface area contributed by atoms with E-state index in [2.05, 4.69) is 68.6 Å². The van der Waals surface area contributed by atoms with Crippen LogP contribution in [0, 0.1) is 30.2 Å². The molecule has 11 aromatic heterocycles. The van der Waals surface area contributed by atoms with Crippen LogP contribution in [0.1, 0.15) is 88.5 Å². The number of benzene rings is 3. The quantitative estimate of drug-likeness (QED) is 0.0466. The van der Waals surface area contributed by atoms with Crippen LogP contribution in [0.5, 0.6) is 0 Å². The first-order valence-electron chi connectivity index (χ1n) is 35.8. The molecular formula is C80H76BBrF4N14O8S3. The van der Waals surface area contributed by atoms with Gasteiger partial charge in [0.25, 0.3) is 0 Å². The molecule has 4 aliphatic rings. The Labute approximate surface area is 647 Å². The lowest BCUT2D eigenvalue weighted by molar-refractivity contribution is 0.00578. The fourth-order valence-electron chi connectivity index (χ4n) is 13.4. The fourth-order valence-corrected chi connectivity index (χ4v) is 18.8. The van der Waals surface area contributed by atoms with E-state index in [4.69, 9.17) is 9.31 Å². The maximum atomic E-state index is 14.6. The second-order valence-electron chi connectivity index (χ2n) is 29.7. The van der Waals surface area contributed by atoms with E-state index in [0.29, 0.717) is 29.5 Å². The summed E-state index contributed by atoms with van der Waals surface area (Å²) in [6, 6.07) is 30.7. The van der Waals surface area contributed by atoms with Gasteiger partial charge in [-0.2, -0.15) is 30.6 Å². The lowest BCUT2D eigenvalue weighted by Gasteiger charge is -2.32. The Hall–Kier alpha value is -10.3. The largest absolute Gasteiger partial charge is 0.494 e. The molecule has 3 aliphatic carbocycles. The molecule has 22 nitrogen and oxygen atoms in total. The first-order chi connectivity index (χ1) is 52.8. The van der Waals surface area contributed by atoms with E-state index in [1.807, 2.05) is 187 Å². The second kappa shape index (κ2) is 29.7. The smallest absolute Gasteiger partial charge is 0.399 e. The number of aryl methyl sites for hydroxylation is 4. The predicted octanol–water partition coefficient (Wildman–Crippen LogP) is 14.5. The normalized spacial score (nSPS) is 15.5. The molecule has 0 radical (unpaired) electrons. The molecule has 0 atom stereocenters. The first kappa shape index (κ1) is 76.1. The van der Waals surface area contributed by atoms with E-state index < -0.39 is 71.1 Å². The van der Waals surface area contributed by atoms with Crippen LogP contribution < -0.4 is 5.46 Å². The van der Waals surface area contributed by atoms with Crippen LogP contribution in [0.2, 0.25) is 0 Å². The van der Waals surface area contributed by atoms with Crippen LogP contribution in [-0.2, 0) is 77.2 Å². The van der Waals surface area contributed by atoms with Crippen LogP contribution >= 0.6 is 15.9 Å². The van der Waals surface area contributed by atoms with Crippen LogP contribution in [-0.4, -0.2) is 127 Å². The van der Waals surface area contributed by atoms with Gasteiger partial charge in [0.05, 0.1) is 110 Å². The molecule has 14 aromatic rings. The van der Waals surface area contributed by atoms with E-state index in [9.17, 15) is 42.8 Å². The summed E-state index contributed by atoms with van der Waals surface area (Å²) in [5, 5.41) is 25.6. The van der Waals surface area contributed by atoms with Crippen molar-refractivity contribution < 1.29 is 52.1 Å². The predicted molar refractivity (Wildman–Crippen MR) is 421 cm³/mol. The SMILES string of the molecule is Cc1cc(CS(=O)(=O)C2CC2)cc(-c2cnn3cc(-c4cnn(C)c4)ccc23)c1.Cn1cc(-c2ccc3c(-c4cc(CS(=O)(=O)C5CC5)cc(-c5ncc(F)cc5F)c4)cnn3c2)cn1.Cn1cc(-c2ccc3c(-c4cc(CS(=O)(=O)C5CC5)cc(B5OC(C)(C)C(C)(C)O5)c4)cnn3c2)cn1.Fc1cnc(Br)c(F)c1. The minimum absolute atomic E-state index is 0.00236. The minimum atomic E-state index is -3.32. The maximum Gasteiger partial charge on any atom is 0.494 e. The molecule has 1 aliphatic heterocycles. The van der Waals surface area contributed by atoms with E-state index in [1.165, 1.54) is 0 Å². The molecular weight excluding hydrogens is 1550 g/mol. The van der Waals surface area contributed by atoms with E-state index >= 15 is 0 Å². The van der Waals surface area contributed by atoms with Crippen molar-refractivity contribution in [2.45, 2.75) is 117 Å². The van der Waals surface area contributed by atoms with Crippen LogP contribution in [0.15, 0.2) is 194 Å². The monoisotopic (exact) mass is 1620 g/mol. The number of hydrogen-bond donors (Lipinski definition) is 0. The molecule has 0 spiro atoms. The molecule has 3 saturated carbocycles. The average molecular weight is 1620 g/mol. The molecule has 111 heavy (non-hydrogen) atoms. The Balaban J connectivity index is 0.000000125. The van der Waals surface area contributed by atoms with Gasteiger partial charge in [0.1, 0.15) is 21.9 Å². The topological polar surface area (TPSA) is 252 Å². The third-order valence-electron chi connectivity index (χ3n) is 20.3. The third kappa shape index (κ3) is 16.8. The average Bonchev–Trinajstić information content (AvgIpc) is 1.69.